The lowest BCUT2D eigenvalue weighted by Gasteiger charge is -2.06. The number of benzene rings is 1. The third-order valence-corrected chi connectivity index (χ3v) is 3.35. The molecule has 0 aliphatic heterocycles. The Bertz CT molecular complexity index is 1310. The molecule has 3 aromatic heterocycles. The molecule has 14 heteroatoms. The Morgan fingerprint density at radius 3 is 2.46 bits per heavy atom. The summed E-state index contributed by atoms with van der Waals surface area (Å²) >= 11 is 0. The SMILES string of the molecule is O=c1[nH]c(O)c(N=Nc2nc3nonc3nc2Nc2ccc(F)cc2)c(=O)[nH]1. The van der Waals surface area contributed by atoms with E-state index in [0.717, 1.165) is 0 Å². The first-order chi connectivity index (χ1) is 13.5. The summed E-state index contributed by atoms with van der Waals surface area (Å²) in [7, 11) is 0. The van der Waals surface area contributed by atoms with Crippen LogP contribution in [0, 0.1) is 5.82 Å². The van der Waals surface area contributed by atoms with Gasteiger partial charge in [-0.1, -0.05) is 0 Å². The molecule has 0 aliphatic rings. The van der Waals surface area contributed by atoms with Gasteiger partial charge in [-0.3, -0.25) is 14.8 Å². The van der Waals surface area contributed by atoms with E-state index in [2.05, 4.69) is 40.5 Å². The van der Waals surface area contributed by atoms with Gasteiger partial charge in [-0.25, -0.2) is 18.8 Å². The monoisotopic (exact) mass is 385 g/mol. The average molecular weight is 385 g/mol. The molecule has 0 atom stereocenters. The first-order valence-electron chi connectivity index (χ1n) is 7.50. The lowest BCUT2D eigenvalue weighted by Crippen LogP contribution is -2.20. The van der Waals surface area contributed by atoms with Crippen molar-refractivity contribution in [1.82, 2.24) is 30.2 Å². The Balaban J connectivity index is 1.78. The maximum atomic E-state index is 13.1. The highest BCUT2D eigenvalue weighted by atomic mass is 19.1. The molecule has 0 saturated carbocycles. The molecule has 13 nitrogen and oxygen atoms in total. The van der Waals surface area contributed by atoms with Gasteiger partial charge in [-0.15, -0.1) is 10.2 Å². The topological polar surface area (TPSA) is 187 Å². The Morgan fingerprint density at radius 1 is 1.04 bits per heavy atom. The molecule has 0 saturated heterocycles. The van der Waals surface area contributed by atoms with Crippen molar-refractivity contribution in [2.75, 3.05) is 5.32 Å². The van der Waals surface area contributed by atoms with Crippen molar-refractivity contribution in [2.24, 2.45) is 10.2 Å². The Morgan fingerprint density at radius 2 is 1.75 bits per heavy atom. The third-order valence-electron chi connectivity index (χ3n) is 3.35. The molecule has 0 fully saturated rings. The van der Waals surface area contributed by atoms with E-state index in [-0.39, 0.29) is 22.9 Å². The number of nitrogens with zero attached hydrogens (tertiary/aromatic N) is 6. The molecule has 140 valence electrons. The van der Waals surface area contributed by atoms with Crippen LogP contribution in [-0.2, 0) is 0 Å². The molecule has 0 amide bonds. The van der Waals surface area contributed by atoms with Gasteiger partial charge in [-0.2, -0.15) is 4.98 Å². The van der Waals surface area contributed by atoms with Crippen molar-refractivity contribution in [3.8, 4) is 5.88 Å². The van der Waals surface area contributed by atoms with Crippen molar-refractivity contribution in [2.45, 2.75) is 0 Å². The van der Waals surface area contributed by atoms with Crippen LogP contribution in [0.3, 0.4) is 0 Å². The fourth-order valence-corrected chi connectivity index (χ4v) is 2.11. The van der Waals surface area contributed by atoms with E-state index >= 15 is 0 Å². The molecular formula is C14H8FN9O4. The minimum Gasteiger partial charge on any atom is -0.493 e. The van der Waals surface area contributed by atoms with Crippen LogP contribution in [-0.4, -0.2) is 35.4 Å². The number of anilines is 2. The zero-order chi connectivity index (χ0) is 19.7. The molecule has 3 heterocycles. The molecule has 0 radical (unpaired) electrons. The Hall–Kier alpha value is -4.49. The lowest BCUT2D eigenvalue weighted by molar-refractivity contribution is 0.314. The Kier molecular flexibility index (Phi) is 4.04. The van der Waals surface area contributed by atoms with Crippen LogP contribution in [0.2, 0.25) is 0 Å². The number of azo groups is 1. The van der Waals surface area contributed by atoms with Gasteiger partial charge in [0.25, 0.3) is 5.56 Å². The quantitative estimate of drug-likeness (QED) is 0.376. The van der Waals surface area contributed by atoms with Gasteiger partial charge >= 0.3 is 5.69 Å². The van der Waals surface area contributed by atoms with E-state index in [4.69, 9.17) is 0 Å². The van der Waals surface area contributed by atoms with E-state index in [9.17, 15) is 19.1 Å². The second-order valence-corrected chi connectivity index (χ2v) is 5.24. The number of H-pyrrole nitrogens is 2. The maximum Gasteiger partial charge on any atom is 0.328 e. The summed E-state index contributed by atoms with van der Waals surface area (Å²) in [5.41, 5.74) is -1.89. The van der Waals surface area contributed by atoms with Crippen LogP contribution >= 0.6 is 0 Å². The number of aromatic nitrogens is 6. The molecule has 0 spiro atoms. The van der Waals surface area contributed by atoms with Crippen molar-refractivity contribution in [3.05, 3.63) is 50.9 Å². The number of hydrogen-bond donors (Lipinski definition) is 4. The average Bonchev–Trinajstić information content (AvgIpc) is 3.10. The van der Waals surface area contributed by atoms with E-state index in [1.807, 2.05) is 9.97 Å². The predicted octanol–water partition coefficient (Wildman–Crippen LogP) is 1.39. The number of halogens is 1. The predicted molar refractivity (Wildman–Crippen MR) is 90.6 cm³/mol. The molecule has 28 heavy (non-hydrogen) atoms. The summed E-state index contributed by atoms with van der Waals surface area (Å²) < 4.78 is 17.6. The van der Waals surface area contributed by atoms with Crippen molar-refractivity contribution in [1.29, 1.82) is 0 Å². The molecule has 0 aliphatic carbocycles. The van der Waals surface area contributed by atoms with Crippen LogP contribution in [0.1, 0.15) is 0 Å². The maximum absolute atomic E-state index is 13.1. The summed E-state index contributed by atoms with van der Waals surface area (Å²) in [6, 6.07) is 5.35. The Labute approximate surface area is 152 Å². The summed E-state index contributed by atoms with van der Waals surface area (Å²) in [6.07, 6.45) is 0. The molecule has 1 aromatic carbocycles. The summed E-state index contributed by atoms with van der Waals surface area (Å²) in [5.74, 6) is -1.31. The number of hydrogen-bond acceptors (Lipinski definition) is 11. The van der Waals surface area contributed by atoms with Crippen LogP contribution in [0.15, 0.2) is 48.7 Å². The summed E-state index contributed by atoms with van der Waals surface area (Å²) in [4.78, 5) is 34.9. The molecule has 0 unspecified atom stereocenters. The smallest absolute Gasteiger partial charge is 0.328 e. The molecule has 4 rings (SSSR count). The minimum atomic E-state index is -0.963. The normalized spacial score (nSPS) is 11.3. The summed E-state index contributed by atoms with van der Waals surface area (Å²) in [6.45, 7) is 0. The second-order valence-electron chi connectivity index (χ2n) is 5.24. The highest BCUT2D eigenvalue weighted by Gasteiger charge is 2.14. The van der Waals surface area contributed by atoms with Crippen LogP contribution in [0.4, 0.5) is 27.4 Å². The zero-order valence-electron chi connectivity index (χ0n) is 13.5. The fourth-order valence-electron chi connectivity index (χ4n) is 2.11. The molecular weight excluding hydrogens is 377 g/mol. The third kappa shape index (κ3) is 3.28. The first-order valence-corrected chi connectivity index (χ1v) is 7.50. The van der Waals surface area contributed by atoms with Gasteiger partial charge < -0.3 is 10.4 Å². The van der Waals surface area contributed by atoms with Gasteiger partial charge in [0.1, 0.15) is 5.82 Å². The van der Waals surface area contributed by atoms with Crippen molar-refractivity contribution in [3.63, 3.8) is 0 Å². The van der Waals surface area contributed by atoms with Crippen molar-refractivity contribution < 1.29 is 14.1 Å². The number of aromatic amines is 2. The second kappa shape index (κ2) is 6.67. The zero-order valence-corrected chi connectivity index (χ0v) is 13.5. The number of aromatic hydroxyl groups is 1. The summed E-state index contributed by atoms with van der Waals surface area (Å²) in [5, 5.41) is 27.0. The van der Waals surface area contributed by atoms with Gasteiger partial charge in [0.05, 0.1) is 0 Å². The van der Waals surface area contributed by atoms with Crippen LogP contribution < -0.4 is 16.6 Å². The molecule has 4 aromatic rings. The fraction of sp³-hybridized carbons (Fsp3) is 0. The minimum absolute atomic E-state index is 0.0122. The molecule has 0 bridgehead atoms. The number of fused-ring (bicyclic) bond motifs is 1. The number of rotatable bonds is 4. The lowest BCUT2D eigenvalue weighted by atomic mass is 10.3. The number of nitrogens with one attached hydrogen (secondary N) is 3. The highest BCUT2D eigenvalue weighted by molar-refractivity contribution is 5.74. The van der Waals surface area contributed by atoms with E-state index in [1.165, 1.54) is 24.3 Å². The van der Waals surface area contributed by atoms with Gasteiger partial charge in [-0.05, 0) is 34.6 Å². The van der Waals surface area contributed by atoms with E-state index in [1.54, 1.807) is 0 Å². The molecule has 4 N–H and O–H groups in total. The highest BCUT2D eigenvalue weighted by Crippen LogP contribution is 2.28. The van der Waals surface area contributed by atoms with E-state index in [0.29, 0.717) is 5.69 Å². The largest absolute Gasteiger partial charge is 0.493 e. The first kappa shape index (κ1) is 17.0. The van der Waals surface area contributed by atoms with Crippen molar-refractivity contribution >= 4 is 34.3 Å². The van der Waals surface area contributed by atoms with Crippen LogP contribution in [0.5, 0.6) is 5.88 Å². The van der Waals surface area contributed by atoms with Crippen LogP contribution in [0.25, 0.3) is 11.3 Å². The van der Waals surface area contributed by atoms with Gasteiger partial charge in [0.15, 0.2) is 5.82 Å². The van der Waals surface area contributed by atoms with Gasteiger partial charge in [0.2, 0.25) is 28.7 Å². The van der Waals surface area contributed by atoms with E-state index < -0.39 is 28.6 Å². The standard InChI is InChI=1S/C14H8FN9O4/c15-5-1-3-6(4-2-5)16-8-9(18-11-10(17-8)23-28-24-11)22-21-7-12(25)19-14(27)20-13(7)26/h1-4H,(H,16,17,23)(H3,19,20,25,26,27). The van der Waals surface area contributed by atoms with Gasteiger partial charge in [0, 0.05) is 5.69 Å².